The van der Waals surface area contributed by atoms with Crippen LogP contribution in [0.25, 0.3) is 0 Å². The quantitative estimate of drug-likeness (QED) is 0.816. The van der Waals surface area contributed by atoms with Gasteiger partial charge in [-0.25, -0.2) is 0 Å². The van der Waals surface area contributed by atoms with Crippen LogP contribution in [-0.4, -0.2) is 23.7 Å². The highest BCUT2D eigenvalue weighted by molar-refractivity contribution is 5.25. The number of hydrogen-bond donors (Lipinski definition) is 2. The van der Waals surface area contributed by atoms with Crippen LogP contribution in [0.15, 0.2) is 30.3 Å². The first kappa shape index (κ1) is 12.6. The average molecular weight is 233 g/mol. The fraction of sp³-hybridized carbons (Fsp3) is 0.571. The zero-order valence-electron chi connectivity index (χ0n) is 10.8. The monoisotopic (exact) mass is 233 g/mol. The highest BCUT2D eigenvalue weighted by Crippen LogP contribution is 2.30. The molecule has 1 aliphatic heterocycles. The van der Waals surface area contributed by atoms with E-state index in [1.807, 2.05) is 19.9 Å². The molecule has 1 atom stereocenters. The van der Waals surface area contributed by atoms with Crippen LogP contribution in [-0.2, 0) is 5.54 Å². The molecule has 4 N–H and O–H groups in total. The van der Waals surface area contributed by atoms with E-state index in [-0.39, 0.29) is 11.2 Å². The predicted molar refractivity (Wildman–Crippen MR) is 71.4 cm³/mol. The number of hydrogen-bond acceptors (Lipinski definition) is 3. The lowest BCUT2D eigenvalue weighted by Crippen LogP contribution is -2.61. The molecule has 0 aliphatic carbocycles. The average Bonchev–Trinajstić information content (AvgIpc) is 2.29. The van der Waals surface area contributed by atoms with Gasteiger partial charge in [0.2, 0.25) is 0 Å². The Morgan fingerprint density at radius 2 is 1.88 bits per heavy atom. The van der Waals surface area contributed by atoms with E-state index in [1.165, 1.54) is 5.56 Å². The van der Waals surface area contributed by atoms with Crippen molar-refractivity contribution in [2.24, 2.45) is 11.5 Å². The molecule has 1 aromatic rings. The lowest BCUT2D eigenvalue weighted by Gasteiger charge is -2.46. The van der Waals surface area contributed by atoms with E-state index in [9.17, 15) is 0 Å². The summed E-state index contributed by atoms with van der Waals surface area (Å²) in [7, 11) is 0. The highest BCUT2D eigenvalue weighted by atomic mass is 15.3. The molecule has 3 nitrogen and oxygen atoms in total. The van der Waals surface area contributed by atoms with Crippen LogP contribution in [0.5, 0.6) is 0 Å². The maximum Gasteiger partial charge on any atom is 0.0629 e. The van der Waals surface area contributed by atoms with Gasteiger partial charge in [0.25, 0.3) is 0 Å². The first-order valence-electron chi connectivity index (χ1n) is 6.30. The van der Waals surface area contributed by atoms with Gasteiger partial charge in [0.05, 0.1) is 11.2 Å². The van der Waals surface area contributed by atoms with Crippen LogP contribution in [0.2, 0.25) is 0 Å². The molecule has 3 heteroatoms. The molecule has 94 valence electrons. The van der Waals surface area contributed by atoms with Crippen LogP contribution in [0.4, 0.5) is 0 Å². The van der Waals surface area contributed by atoms with E-state index in [1.54, 1.807) is 0 Å². The van der Waals surface area contributed by atoms with E-state index < -0.39 is 0 Å². The minimum Gasteiger partial charge on any atom is -0.320 e. The lowest BCUT2D eigenvalue weighted by atomic mass is 9.82. The highest BCUT2D eigenvalue weighted by Gasteiger charge is 2.37. The molecule has 1 saturated heterocycles. The maximum absolute atomic E-state index is 6.57. The van der Waals surface area contributed by atoms with E-state index in [0.717, 1.165) is 25.9 Å². The number of rotatable bonds is 2. The van der Waals surface area contributed by atoms with Crippen LogP contribution in [0.1, 0.15) is 32.3 Å². The van der Waals surface area contributed by atoms with Gasteiger partial charge in [-0.05, 0) is 32.3 Å². The SMILES string of the molecule is CC(C)(N)N1CCCC(N)(c2ccccc2)C1. The van der Waals surface area contributed by atoms with E-state index in [0.29, 0.717) is 0 Å². The molecular weight excluding hydrogens is 210 g/mol. The third kappa shape index (κ3) is 2.68. The Morgan fingerprint density at radius 1 is 1.24 bits per heavy atom. The summed E-state index contributed by atoms with van der Waals surface area (Å²) in [5.41, 5.74) is 13.4. The Balaban J connectivity index is 2.21. The second-order valence-corrected chi connectivity index (χ2v) is 5.70. The second kappa shape index (κ2) is 4.41. The van der Waals surface area contributed by atoms with Crippen molar-refractivity contribution in [2.75, 3.05) is 13.1 Å². The molecule has 0 radical (unpaired) electrons. The third-order valence-electron chi connectivity index (χ3n) is 3.69. The molecule has 1 aromatic carbocycles. The number of nitrogens with zero attached hydrogens (tertiary/aromatic N) is 1. The Hall–Kier alpha value is -0.900. The lowest BCUT2D eigenvalue weighted by molar-refractivity contribution is 0.0566. The summed E-state index contributed by atoms with van der Waals surface area (Å²) in [6.07, 6.45) is 2.13. The minimum atomic E-state index is -0.292. The minimum absolute atomic E-state index is 0.254. The van der Waals surface area contributed by atoms with Crippen molar-refractivity contribution in [3.8, 4) is 0 Å². The van der Waals surface area contributed by atoms with Gasteiger partial charge in [-0.2, -0.15) is 0 Å². The Bertz CT molecular complexity index is 369. The van der Waals surface area contributed by atoms with Crippen molar-refractivity contribution in [1.29, 1.82) is 0 Å². The van der Waals surface area contributed by atoms with Crippen LogP contribution in [0.3, 0.4) is 0 Å². The zero-order valence-corrected chi connectivity index (χ0v) is 10.8. The molecule has 17 heavy (non-hydrogen) atoms. The van der Waals surface area contributed by atoms with Crippen molar-refractivity contribution in [2.45, 2.75) is 37.9 Å². The Labute approximate surface area is 104 Å². The molecule has 1 aliphatic rings. The summed E-state index contributed by atoms with van der Waals surface area (Å²) >= 11 is 0. The summed E-state index contributed by atoms with van der Waals surface area (Å²) < 4.78 is 0. The molecule has 0 aromatic heterocycles. The molecule has 1 fully saturated rings. The van der Waals surface area contributed by atoms with Crippen LogP contribution >= 0.6 is 0 Å². The van der Waals surface area contributed by atoms with E-state index in [2.05, 4.69) is 29.2 Å². The van der Waals surface area contributed by atoms with E-state index in [4.69, 9.17) is 11.5 Å². The topological polar surface area (TPSA) is 55.3 Å². The van der Waals surface area contributed by atoms with Gasteiger partial charge < -0.3 is 11.5 Å². The predicted octanol–water partition coefficient (Wildman–Crippen LogP) is 1.63. The first-order chi connectivity index (χ1) is 7.92. The van der Waals surface area contributed by atoms with Gasteiger partial charge in [0.15, 0.2) is 0 Å². The number of nitrogens with two attached hydrogens (primary N) is 2. The van der Waals surface area contributed by atoms with Gasteiger partial charge in [-0.15, -0.1) is 0 Å². The summed E-state index contributed by atoms with van der Waals surface area (Å²) in [6, 6.07) is 10.4. The van der Waals surface area contributed by atoms with E-state index >= 15 is 0 Å². The number of piperidine rings is 1. The molecule has 2 rings (SSSR count). The summed E-state index contributed by atoms with van der Waals surface area (Å²) in [5.74, 6) is 0. The zero-order chi connectivity index (χ0) is 12.5. The normalized spacial score (nSPS) is 27.1. The first-order valence-corrected chi connectivity index (χ1v) is 6.30. The van der Waals surface area contributed by atoms with Crippen LogP contribution in [0, 0.1) is 0 Å². The second-order valence-electron chi connectivity index (χ2n) is 5.70. The molecule has 0 bridgehead atoms. The van der Waals surface area contributed by atoms with Gasteiger partial charge >= 0.3 is 0 Å². The summed E-state index contributed by atoms with van der Waals surface area (Å²) in [5, 5.41) is 0. The fourth-order valence-corrected chi connectivity index (χ4v) is 2.58. The summed E-state index contributed by atoms with van der Waals surface area (Å²) in [4.78, 5) is 2.28. The Morgan fingerprint density at radius 3 is 2.47 bits per heavy atom. The molecular formula is C14H23N3. The maximum atomic E-state index is 6.57. The molecule has 0 saturated carbocycles. The van der Waals surface area contributed by atoms with Crippen molar-refractivity contribution in [1.82, 2.24) is 4.90 Å². The molecule has 0 spiro atoms. The summed E-state index contributed by atoms with van der Waals surface area (Å²) in [6.45, 7) is 5.96. The van der Waals surface area contributed by atoms with Gasteiger partial charge in [-0.3, -0.25) is 4.90 Å². The van der Waals surface area contributed by atoms with Crippen molar-refractivity contribution >= 4 is 0 Å². The smallest absolute Gasteiger partial charge is 0.0629 e. The van der Waals surface area contributed by atoms with Crippen molar-refractivity contribution in [3.63, 3.8) is 0 Å². The standard InChI is InChI=1S/C14H23N3/c1-13(2,15)17-10-6-9-14(16,11-17)12-7-4-3-5-8-12/h3-5,7-8H,6,9-11,15-16H2,1-2H3. The number of benzene rings is 1. The largest absolute Gasteiger partial charge is 0.320 e. The van der Waals surface area contributed by atoms with Gasteiger partial charge in [0.1, 0.15) is 0 Å². The number of likely N-dealkylation sites (tertiary alicyclic amines) is 1. The van der Waals surface area contributed by atoms with Crippen LogP contribution < -0.4 is 11.5 Å². The molecule has 0 amide bonds. The van der Waals surface area contributed by atoms with Crippen molar-refractivity contribution in [3.05, 3.63) is 35.9 Å². The fourth-order valence-electron chi connectivity index (χ4n) is 2.58. The van der Waals surface area contributed by atoms with Crippen molar-refractivity contribution < 1.29 is 0 Å². The van der Waals surface area contributed by atoms with Gasteiger partial charge in [0, 0.05) is 13.1 Å². The molecule has 1 unspecified atom stereocenters. The Kier molecular flexibility index (Phi) is 3.25. The van der Waals surface area contributed by atoms with Gasteiger partial charge in [-0.1, -0.05) is 30.3 Å². The molecule has 1 heterocycles. The third-order valence-corrected chi connectivity index (χ3v) is 3.69.